The Balaban J connectivity index is 0.000000265. The molecule has 1 aromatic carbocycles. The van der Waals surface area contributed by atoms with Crippen molar-refractivity contribution in [2.45, 2.75) is 13.8 Å². The van der Waals surface area contributed by atoms with E-state index in [2.05, 4.69) is 42.8 Å². The van der Waals surface area contributed by atoms with Gasteiger partial charge in [-0.05, 0) is 25.0 Å². The zero-order valence-corrected chi connectivity index (χ0v) is 9.44. The molecule has 0 aliphatic rings. The molecular weight excluding hydrogens is 192 g/mol. The lowest BCUT2D eigenvalue weighted by Crippen LogP contribution is -2.03. The van der Waals surface area contributed by atoms with Crippen molar-refractivity contribution < 1.29 is 14.9 Å². The first-order valence-electron chi connectivity index (χ1n) is 5.04. The van der Waals surface area contributed by atoms with E-state index in [0.29, 0.717) is 13.2 Å². The van der Waals surface area contributed by atoms with E-state index in [-0.39, 0.29) is 13.2 Å². The molecule has 0 heterocycles. The van der Waals surface area contributed by atoms with E-state index >= 15 is 0 Å². The predicted molar refractivity (Wildman–Crippen MR) is 60.9 cm³/mol. The Morgan fingerprint density at radius 3 is 1.60 bits per heavy atom. The molecule has 0 unspecified atom stereocenters. The Hall–Kier alpha value is -0.900. The van der Waals surface area contributed by atoms with Gasteiger partial charge >= 0.3 is 0 Å². The summed E-state index contributed by atoms with van der Waals surface area (Å²) in [6.45, 7) is 4.94. The molecule has 0 aliphatic carbocycles. The molecule has 3 heteroatoms. The minimum atomic E-state index is 0.0278. The third-order valence-electron chi connectivity index (χ3n) is 1.90. The number of benzene rings is 1. The molecular formula is C12H20O3. The maximum Gasteiger partial charge on any atom is 0.0698 e. The molecule has 0 aromatic heterocycles. The third kappa shape index (κ3) is 8.12. The van der Waals surface area contributed by atoms with Crippen LogP contribution in [0, 0.1) is 13.8 Å². The Morgan fingerprint density at radius 2 is 1.33 bits per heavy atom. The number of aliphatic hydroxyl groups excluding tert-OH is 2. The zero-order chi connectivity index (χ0) is 11.5. The Morgan fingerprint density at radius 1 is 0.933 bits per heavy atom. The minimum absolute atomic E-state index is 0.0278. The van der Waals surface area contributed by atoms with Crippen molar-refractivity contribution in [1.29, 1.82) is 0 Å². The summed E-state index contributed by atoms with van der Waals surface area (Å²) in [5, 5.41) is 16.2. The fourth-order valence-electron chi connectivity index (χ4n) is 0.894. The monoisotopic (exact) mass is 212 g/mol. The maximum atomic E-state index is 8.09. The van der Waals surface area contributed by atoms with E-state index in [1.807, 2.05) is 0 Å². The number of rotatable bonds is 4. The van der Waals surface area contributed by atoms with Crippen LogP contribution in [0.4, 0.5) is 0 Å². The van der Waals surface area contributed by atoms with Crippen LogP contribution < -0.4 is 0 Å². The number of aryl methyl sites for hydroxylation is 2. The topological polar surface area (TPSA) is 49.7 Å². The summed E-state index contributed by atoms with van der Waals surface area (Å²) in [5.74, 6) is 0. The normalized spacial score (nSPS) is 9.33. The van der Waals surface area contributed by atoms with Gasteiger partial charge in [-0.2, -0.15) is 0 Å². The van der Waals surface area contributed by atoms with Gasteiger partial charge in [0, 0.05) is 0 Å². The van der Waals surface area contributed by atoms with E-state index < -0.39 is 0 Å². The van der Waals surface area contributed by atoms with Crippen molar-refractivity contribution in [3.63, 3.8) is 0 Å². The Kier molecular flexibility index (Phi) is 9.07. The van der Waals surface area contributed by atoms with E-state index in [0.717, 1.165) is 0 Å². The van der Waals surface area contributed by atoms with Gasteiger partial charge in [-0.3, -0.25) is 0 Å². The van der Waals surface area contributed by atoms with Crippen LogP contribution >= 0.6 is 0 Å². The molecule has 1 aromatic rings. The largest absolute Gasteiger partial charge is 0.394 e. The summed E-state index contributed by atoms with van der Waals surface area (Å²) >= 11 is 0. The van der Waals surface area contributed by atoms with Crippen LogP contribution in [0.3, 0.4) is 0 Å². The Labute approximate surface area is 91.3 Å². The van der Waals surface area contributed by atoms with Crippen LogP contribution in [0.15, 0.2) is 24.3 Å². The highest BCUT2D eigenvalue weighted by Crippen LogP contribution is 2.02. The molecule has 0 fully saturated rings. The molecule has 1 rings (SSSR count). The third-order valence-corrected chi connectivity index (χ3v) is 1.90. The lowest BCUT2D eigenvalue weighted by Gasteiger charge is -1.94. The van der Waals surface area contributed by atoms with Crippen LogP contribution in [0.5, 0.6) is 0 Å². The van der Waals surface area contributed by atoms with Gasteiger partial charge in [0.25, 0.3) is 0 Å². The van der Waals surface area contributed by atoms with Crippen LogP contribution in [-0.2, 0) is 4.74 Å². The molecule has 3 nitrogen and oxygen atoms in total. The first-order valence-corrected chi connectivity index (χ1v) is 5.04. The van der Waals surface area contributed by atoms with E-state index in [9.17, 15) is 0 Å². The van der Waals surface area contributed by atoms with Gasteiger partial charge in [0.15, 0.2) is 0 Å². The second-order valence-corrected chi connectivity index (χ2v) is 3.14. The molecule has 15 heavy (non-hydrogen) atoms. The van der Waals surface area contributed by atoms with Crippen LogP contribution in [0.2, 0.25) is 0 Å². The van der Waals surface area contributed by atoms with Gasteiger partial charge in [0.05, 0.1) is 26.4 Å². The highest BCUT2D eigenvalue weighted by Gasteiger charge is 1.83. The number of aliphatic hydroxyl groups is 2. The minimum Gasteiger partial charge on any atom is -0.394 e. The van der Waals surface area contributed by atoms with Gasteiger partial charge in [-0.1, -0.05) is 24.3 Å². The van der Waals surface area contributed by atoms with E-state index in [1.165, 1.54) is 11.1 Å². The van der Waals surface area contributed by atoms with Gasteiger partial charge in [0.1, 0.15) is 0 Å². The van der Waals surface area contributed by atoms with Crippen molar-refractivity contribution in [1.82, 2.24) is 0 Å². The average molecular weight is 212 g/mol. The smallest absolute Gasteiger partial charge is 0.0698 e. The highest BCUT2D eigenvalue weighted by molar-refractivity contribution is 5.23. The van der Waals surface area contributed by atoms with Crippen LogP contribution in [0.1, 0.15) is 11.1 Å². The van der Waals surface area contributed by atoms with E-state index in [4.69, 9.17) is 10.2 Å². The van der Waals surface area contributed by atoms with Gasteiger partial charge in [0.2, 0.25) is 0 Å². The summed E-state index contributed by atoms with van der Waals surface area (Å²) in [6, 6.07) is 8.36. The van der Waals surface area contributed by atoms with Gasteiger partial charge in [-0.15, -0.1) is 0 Å². The van der Waals surface area contributed by atoms with Crippen molar-refractivity contribution in [3.8, 4) is 0 Å². The number of hydrogen-bond donors (Lipinski definition) is 2. The van der Waals surface area contributed by atoms with Crippen molar-refractivity contribution in [2.24, 2.45) is 0 Å². The summed E-state index contributed by atoms with van der Waals surface area (Å²) in [4.78, 5) is 0. The molecule has 2 N–H and O–H groups in total. The van der Waals surface area contributed by atoms with Crippen molar-refractivity contribution in [3.05, 3.63) is 35.4 Å². The molecule has 86 valence electrons. The summed E-state index contributed by atoms with van der Waals surface area (Å²) in [7, 11) is 0. The molecule has 0 spiro atoms. The molecule has 0 amide bonds. The molecule has 0 saturated heterocycles. The molecule has 0 saturated carbocycles. The SMILES string of the molecule is Cc1ccccc1C.OCCOCCO. The second kappa shape index (κ2) is 9.65. The highest BCUT2D eigenvalue weighted by atomic mass is 16.5. The maximum absolute atomic E-state index is 8.09. The standard InChI is InChI=1S/C8H10.C4H10O3/c1-7-5-3-4-6-8(7)2;5-1-3-7-4-2-6/h3-6H,1-2H3;5-6H,1-4H2. The fourth-order valence-corrected chi connectivity index (χ4v) is 0.894. The first-order chi connectivity index (χ1) is 7.22. The molecule has 0 radical (unpaired) electrons. The van der Waals surface area contributed by atoms with Gasteiger partial charge < -0.3 is 14.9 Å². The molecule has 0 aliphatic heterocycles. The second-order valence-electron chi connectivity index (χ2n) is 3.14. The Bertz CT molecular complexity index is 223. The summed E-state index contributed by atoms with van der Waals surface area (Å²) in [6.07, 6.45) is 0. The molecule has 0 atom stereocenters. The van der Waals surface area contributed by atoms with Crippen molar-refractivity contribution in [2.75, 3.05) is 26.4 Å². The summed E-state index contributed by atoms with van der Waals surface area (Å²) < 4.78 is 4.63. The van der Waals surface area contributed by atoms with E-state index in [1.54, 1.807) is 0 Å². The lowest BCUT2D eigenvalue weighted by atomic mass is 10.1. The van der Waals surface area contributed by atoms with Crippen molar-refractivity contribution >= 4 is 0 Å². The summed E-state index contributed by atoms with van der Waals surface area (Å²) in [5.41, 5.74) is 2.74. The molecule has 0 bridgehead atoms. The van der Waals surface area contributed by atoms with Crippen LogP contribution in [-0.4, -0.2) is 36.6 Å². The number of hydrogen-bond acceptors (Lipinski definition) is 3. The lowest BCUT2D eigenvalue weighted by molar-refractivity contribution is 0.0650. The fraction of sp³-hybridized carbons (Fsp3) is 0.500. The number of ether oxygens (including phenoxy) is 1. The quantitative estimate of drug-likeness (QED) is 0.739. The predicted octanol–water partition coefficient (Wildman–Crippen LogP) is 1.29. The van der Waals surface area contributed by atoms with Crippen LogP contribution in [0.25, 0.3) is 0 Å². The average Bonchev–Trinajstić information content (AvgIpc) is 2.24. The van der Waals surface area contributed by atoms with Gasteiger partial charge in [-0.25, -0.2) is 0 Å². The first kappa shape index (κ1) is 14.1. The zero-order valence-electron chi connectivity index (χ0n) is 9.44.